The number of nitrogens with zero attached hydrogens (tertiary/aromatic N) is 1. The molecule has 0 spiro atoms. The van der Waals surface area contributed by atoms with Gasteiger partial charge < -0.3 is 10.4 Å². The van der Waals surface area contributed by atoms with Crippen molar-refractivity contribution in [3.05, 3.63) is 29.8 Å². The Bertz CT molecular complexity index is 385. The van der Waals surface area contributed by atoms with E-state index in [0.29, 0.717) is 11.4 Å². The van der Waals surface area contributed by atoms with E-state index in [4.69, 9.17) is 0 Å². The van der Waals surface area contributed by atoms with E-state index in [-0.39, 0.29) is 18.2 Å². The average molecular weight is 176 g/mol. The smallest absolute Gasteiger partial charge is 0.247 e. The van der Waals surface area contributed by atoms with Gasteiger partial charge in [-0.3, -0.25) is 9.79 Å². The van der Waals surface area contributed by atoms with Gasteiger partial charge in [0.25, 0.3) is 0 Å². The van der Waals surface area contributed by atoms with Crippen LogP contribution in [0.2, 0.25) is 0 Å². The molecule has 1 aliphatic rings. The highest BCUT2D eigenvalue weighted by atomic mass is 16.3. The molecular weight excluding hydrogens is 168 g/mol. The van der Waals surface area contributed by atoms with Crippen LogP contribution in [0, 0.1) is 0 Å². The summed E-state index contributed by atoms with van der Waals surface area (Å²) >= 11 is 0. The Labute approximate surface area is 74.9 Å². The van der Waals surface area contributed by atoms with Crippen LogP contribution in [0.25, 0.3) is 0 Å². The molecule has 66 valence electrons. The predicted octanol–water partition coefficient (Wildman–Crippen LogP) is 0.269. The lowest BCUT2D eigenvalue weighted by atomic mass is 10.2. The molecule has 2 N–H and O–H groups in total. The van der Waals surface area contributed by atoms with Gasteiger partial charge in [-0.15, -0.1) is 0 Å². The van der Waals surface area contributed by atoms with Crippen molar-refractivity contribution in [2.45, 2.75) is 0 Å². The van der Waals surface area contributed by atoms with Gasteiger partial charge in [-0.05, 0) is 12.1 Å². The van der Waals surface area contributed by atoms with Crippen molar-refractivity contribution in [3.63, 3.8) is 0 Å². The van der Waals surface area contributed by atoms with Gasteiger partial charge in [0.15, 0.2) is 0 Å². The van der Waals surface area contributed by atoms with Crippen molar-refractivity contribution in [1.29, 1.82) is 0 Å². The molecule has 4 nitrogen and oxygen atoms in total. The molecule has 1 aliphatic heterocycles. The number of nitrogens with one attached hydrogen (secondary N) is 1. The number of phenolic OH excluding ortho intramolecular Hbond substituents is 1. The number of aromatic hydroxyl groups is 1. The summed E-state index contributed by atoms with van der Waals surface area (Å²) in [6.45, 7) is 0.143. The zero-order valence-corrected chi connectivity index (χ0v) is 6.82. The van der Waals surface area contributed by atoms with Crippen LogP contribution in [0.5, 0.6) is 5.75 Å². The summed E-state index contributed by atoms with van der Waals surface area (Å²) in [6.07, 6.45) is 0. The summed E-state index contributed by atoms with van der Waals surface area (Å²) in [4.78, 5) is 14.8. The maximum Gasteiger partial charge on any atom is 0.247 e. The predicted molar refractivity (Wildman–Crippen MR) is 47.7 cm³/mol. The van der Waals surface area contributed by atoms with Gasteiger partial charge in [0.2, 0.25) is 5.91 Å². The zero-order valence-electron chi connectivity index (χ0n) is 6.82. The molecule has 1 heterocycles. The first-order valence-corrected chi connectivity index (χ1v) is 3.90. The summed E-state index contributed by atoms with van der Waals surface area (Å²) in [5, 5.41) is 12.0. The number of carbonyl (C=O) groups excluding carboxylic acids is 1. The van der Waals surface area contributed by atoms with Gasteiger partial charge in [-0.25, -0.2) is 0 Å². The van der Waals surface area contributed by atoms with Crippen molar-refractivity contribution >= 4 is 11.7 Å². The second-order valence-corrected chi connectivity index (χ2v) is 2.73. The van der Waals surface area contributed by atoms with E-state index in [0.717, 1.165) is 0 Å². The first-order valence-electron chi connectivity index (χ1n) is 3.90. The number of carbonyl (C=O) groups is 1. The fourth-order valence-electron chi connectivity index (χ4n) is 1.19. The highest BCUT2D eigenvalue weighted by Gasteiger charge is 2.16. The molecule has 0 fully saturated rings. The molecule has 2 rings (SSSR count). The van der Waals surface area contributed by atoms with Crippen LogP contribution in [-0.2, 0) is 4.79 Å². The number of phenols is 1. The summed E-state index contributed by atoms with van der Waals surface area (Å²) < 4.78 is 0. The maximum atomic E-state index is 10.8. The third-order valence-electron chi connectivity index (χ3n) is 1.80. The molecule has 13 heavy (non-hydrogen) atoms. The third kappa shape index (κ3) is 1.38. The molecule has 0 atom stereocenters. The Morgan fingerprint density at radius 3 is 2.77 bits per heavy atom. The molecule has 0 bridgehead atoms. The lowest BCUT2D eigenvalue weighted by Crippen LogP contribution is -2.25. The molecule has 4 heteroatoms. The average Bonchev–Trinajstić information content (AvgIpc) is 2.53. The van der Waals surface area contributed by atoms with Gasteiger partial charge in [0.05, 0.1) is 5.56 Å². The highest BCUT2D eigenvalue weighted by Crippen LogP contribution is 2.16. The molecule has 0 radical (unpaired) electrons. The summed E-state index contributed by atoms with van der Waals surface area (Å²) in [7, 11) is 0. The van der Waals surface area contributed by atoms with Crippen molar-refractivity contribution in [1.82, 2.24) is 5.32 Å². The van der Waals surface area contributed by atoms with Crippen LogP contribution in [0.3, 0.4) is 0 Å². The Hall–Kier alpha value is -1.84. The summed E-state index contributed by atoms with van der Waals surface area (Å²) in [5.74, 6) is 0.435. The van der Waals surface area contributed by atoms with E-state index < -0.39 is 0 Å². The topological polar surface area (TPSA) is 61.7 Å². The molecule has 1 amide bonds. The molecule has 1 aromatic rings. The first kappa shape index (κ1) is 7.79. The van der Waals surface area contributed by atoms with E-state index >= 15 is 0 Å². The van der Waals surface area contributed by atoms with E-state index in [1.165, 1.54) is 0 Å². The quantitative estimate of drug-likeness (QED) is 0.645. The molecular formula is C9H8N2O2. The molecule has 0 unspecified atom stereocenters. The van der Waals surface area contributed by atoms with E-state index in [1.54, 1.807) is 24.3 Å². The minimum Gasteiger partial charge on any atom is -0.507 e. The van der Waals surface area contributed by atoms with Gasteiger partial charge in [0, 0.05) is 0 Å². The number of amides is 1. The Morgan fingerprint density at radius 2 is 2.15 bits per heavy atom. The second-order valence-electron chi connectivity index (χ2n) is 2.73. The summed E-state index contributed by atoms with van der Waals surface area (Å²) in [6, 6.07) is 6.76. The number of para-hydroxylation sites is 1. The maximum absolute atomic E-state index is 10.8. The van der Waals surface area contributed by atoms with Crippen molar-refractivity contribution in [2.24, 2.45) is 4.99 Å². The number of aliphatic imine (C=N–C) groups is 1. The third-order valence-corrected chi connectivity index (χ3v) is 1.80. The van der Waals surface area contributed by atoms with Gasteiger partial charge >= 0.3 is 0 Å². The fraction of sp³-hybridized carbons (Fsp3) is 0.111. The Kier molecular flexibility index (Phi) is 1.73. The van der Waals surface area contributed by atoms with Crippen molar-refractivity contribution < 1.29 is 9.90 Å². The number of benzene rings is 1. The number of rotatable bonds is 1. The van der Waals surface area contributed by atoms with Gasteiger partial charge in [0.1, 0.15) is 18.1 Å². The van der Waals surface area contributed by atoms with Crippen LogP contribution in [0.15, 0.2) is 29.3 Å². The highest BCUT2D eigenvalue weighted by molar-refractivity contribution is 6.13. The van der Waals surface area contributed by atoms with E-state index in [1.807, 2.05) is 0 Å². The van der Waals surface area contributed by atoms with Gasteiger partial charge in [-0.2, -0.15) is 0 Å². The van der Waals surface area contributed by atoms with E-state index in [2.05, 4.69) is 10.3 Å². The SMILES string of the molecule is O=C1CN=C(c2ccccc2O)N1. The zero-order chi connectivity index (χ0) is 9.26. The van der Waals surface area contributed by atoms with E-state index in [9.17, 15) is 9.90 Å². The normalized spacial score (nSPS) is 15.4. The molecule has 0 aliphatic carbocycles. The lowest BCUT2D eigenvalue weighted by Gasteiger charge is -2.02. The van der Waals surface area contributed by atoms with Crippen LogP contribution in [0.4, 0.5) is 0 Å². The minimum absolute atomic E-state index is 0.128. The second kappa shape index (κ2) is 2.90. The van der Waals surface area contributed by atoms with Crippen LogP contribution in [0.1, 0.15) is 5.56 Å². The molecule has 0 saturated carbocycles. The number of hydrogen-bond donors (Lipinski definition) is 2. The summed E-state index contributed by atoms with van der Waals surface area (Å²) in [5.41, 5.74) is 0.563. The standard InChI is InChI=1S/C9H8N2O2/c12-7-4-2-1-3-6(7)9-10-5-8(13)11-9/h1-4,12H,5H2,(H,10,11,13). The monoisotopic (exact) mass is 176 g/mol. The van der Waals surface area contributed by atoms with Crippen LogP contribution < -0.4 is 5.32 Å². The van der Waals surface area contributed by atoms with Crippen LogP contribution in [-0.4, -0.2) is 23.4 Å². The number of hydrogen-bond acceptors (Lipinski definition) is 3. The largest absolute Gasteiger partial charge is 0.507 e. The molecule has 0 saturated heterocycles. The Balaban J connectivity index is 2.37. The first-order chi connectivity index (χ1) is 6.27. The lowest BCUT2D eigenvalue weighted by molar-refractivity contribution is -0.117. The van der Waals surface area contributed by atoms with Crippen LogP contribution >= 0.6 is 0 Å². The molecule has 0 aromatic heterocycles. The number of amidine groups is 1. The van der Waals surface area contributed by atoms with Crippen molar-refractivity contribution in [3.8, 4) is 5.75 Å². The van der Waals surface area contributed by atoms with Crippen molar-refractivity contribution in [2.75, 3.05) is 6.54 Å². The van der Waals surface area contributed by atoms with Gasteiger partial charge in [-0.1, -0.05) is 12.1 Å². The Morgan fingerprint density at radius 1 is 1.38 bits per heavy atom. The minimum atomic E-state index is -0.141. The fourth-order valence-corrected chi connectivity index (χ4v) is 1.19. The molecule has 1 aromatic carbocycles.